The molecule has 1 heterocycles. The van der Waals surface area contributed by atoms with Gasteiger partial charge in [0.15, 0.2) is 0 Å². The number of nitrogens with zero attached hydrogens (tertiary/aromatic N) is 1. The number of nitrogens with one attached hydrogen (secondary N) is 1. The summed E-state index contributed by atoms with van der Waals surface area (Å²) in [5, 5.41) is 2.77. The zero-order valence-electron chi connectivity index (χ0n) is 17.1. The number of benzene rings is 1. The van der Waals surface area contributed by atoms with E-state index in [9.17, 15) is 26.4 Å². The maximum Gasteiger partial charge on any atom is 0.416 e. The molecule has 0 aromatic heterocycles. The normalized spacial score (nSPS) is 19.2. The van der Waals surface area contributed by atoms with Crippen LogP contribution in [0, 0.1) is 0 Å². The minimum Gasteiger partial charge on any atom is -0.354 e. The van der Waals surface area contributed by atoms with Gasteiger partial charge >= 0.3 is 6.18 Å². The van der Waals surface area contributed by atoms with E-state index >= 15 is 0 Å². The van der Waals surface area contributed by atoms with Crippen LogP contribution in [0.5, 0.6) is 0 Å². The van der Waals surface area contributed by atoms with Crippen molar-refractivity contribution in [3.05, 3.63) is 35.4 Å². The standard InChI is InChI=1S/C20H29F3N2O3S/c1-4-12-29(27,28)25-11-6-5-10-17(25)18(26)24-14-19(2,3)15-8-7-9-16(13-15)20(21,22)23/h7-9,13,17H,4-6,10-12,14H2,1-3H3,(H,24,26). The Bertz CT molecular complexity index is 823. The first kappa shape index (κ1) is 23.7. The van der Waals surface area contributed by atoms with Crippen LogP contribution < -0.4 is 5.32 Å². The van der Waals surface area contributed by atoms with E-state index in [0.29, 0.717) is 31.4 Å². The van der Waals surface area contributed by atoms with E-state index in [1.807, 2.05) is 0 Å². The number of carbonyl (C=O) groups excluding carboxylic acids is 1. The summed E-state index contributed by atoms with van der Waals surface area (Å²) < 4.78 is 65.3. The lowest BCUT2D eigenvalue weighted by atomic mass is 9.83. The van der Waals surface area contributed by atoms with Crippen molar-refractivity contribution in [1.29, 1.82) is 0 Å². The predicted octanol–water partition coefficient (Wildman–Crippen LogP) is 3.69. The lowest BCUT2D eigenvalue weighted by Gasteiger charge is -2.34. The van der Waals surface area contributed by atoms with Gasteiger partial charge in [0.1, 0.15) is 6.04 Å². The summed E-state index contributed by atoms with van der Waals surface area (Å²) in [4.78, 5) is 12.8. The number of sulfonamides is 1. The van der Waals surface area contributed by atoms with E-state index in [1.165, 1.54) is 10.4 Å². The summed E-state index contributed by atoms with van der Waals surface area (Å²) >= 11 is 0. The van der Waals surface area contributed by atoms with E-state index in [0.717, 1.165) is 18.6 Å². The number of hydrogen-bond donors (Lipinski definition) is 1. The van der Waals surface area contributed by atoms with Gasteiger partial charge in [0.2, 0.25) is 15.9 Å². The van der Waals surface area contributed by atoms with Crippen LogP contribution in [-0.4, -0.2) is 43.5 Å². The molecule has 1 aromatic carbocycles. The van der Waals surface area contributed by atoms with Gasteiger partial charge in [0.25, 0.3) is 0 Å². The number of piperidine rings is 1. The Labute approximate surface area is 170 Å². The molecule has 0 spiro atoms. The van der Waals surface area contributed by atoms with Crippen molar-refractivity contribution in [3.63, 3.8) is 0 Å². The average molecular weight is 435 g/mol. The van der Waals surface area contributed by atoms with Crippen LogP contribution >= 0.6 is 0 Å². The summed E-state index contributed by atoms with van der Waals surface area (Å²) in [6, 6.07) is 4.28. The highest BCUT2D eigenvalue weighted by atomic mass is 32.2. The molecule has 29 heavy (non-hydrogen) atoms. The van der Waals surface area contributed by atoms with E-state index in [4.69, 9.17) is 0 Å². The summed E-state index contributed by atoms with van der Waals surface area (Å²) in [5.41, 5.74) is -1.04. The van der Waals surface area contributed by atoms with E-state index in [-0.39, 0.29) is 12.3 Å². The van der Waals surface area contributed by atoms with Gasteiger partial charge in [0.05, 0.1) is 11.3 Å². The number of carbonyl (C=O) groups is 1. The molecule has 0 radical (unpaired) electrons. The quantitative estimate of drug-likeness (QED) is 0.712. The molecule has 1 aliphatic heterocycles. The van der Waals surface area contributed by atoms with Crippen molar-refractivity contribution in [1.82, 2.24) is 9.62 Å². The first-order valence-corrected chi connectivity index (χ1v) is 11.4. The number of amides is 1. The van der Waals surface area contributed by atoms with E-state index in [1.54, 1.807) is 26.8 Å². The highest BCUT2D eigenvalue weighted by molar-refractivity contribution is 7.89. The molecule has 1 fully saturated rings. The third-order valence-electron chi connectivity index (χ3n) is 5.25. The highest BCUT2D eigenvalue weighted by Gasteiger charge is 2.37. The predicted molar refractivity (Wildman–Crippen MR) is 106 cm³/mol. The molecular weight excluding hydrogens is 405 g/mol. The van der Waals surface area contributed by atoms with Gasteiger partial charge in [-0.05, 0) is 30.9 Å². The molecule has 9 heteroatoms. The van der Waals surface area contributed by atoms with E-state index in [2.05, 4.69) is 5.32 Å². The van der Waals surface area contributed by atoms with Crippen LogP contribution in [-0.2, 0) is 26.4 Å². The highest BCUT2D eigenvalue weighted by Crippen LogP contribution is 2.32. The molecule has 2 rings (SSSR count). The molecule has 1 amide bonds. The Balaban J connectivity index is 2.12. The molecule has 1 saturated heterocycles. The second-order valence-electron chi connectivity index (χ2n) is 8.12. The van der Waals surface area contributed by atoms with Crippen molar-refractivity contribution < 1.29 is 26.4 Å². The number of hydrogen-bond acceptors (Lipinski definition) is 3. The van der Waals surface area contributed by atoms with Crippen molar-refractivity contribution >= 4 is 15.9 Å². The largest absolute Gasteiger partial charge is 0.416 e. The fraction of sp³-hybridized carbons (Fsp3) is 0.650. The maximum absolute atomic E-state index is 13.0. The Morgan fingerprint density at radius 1 is 1.21 bits per heavy atom. The molecule has 5 nitrogen and oxygen atoms in total. The topological polar surface area (TPSA) is 66.5 Å². The van der Waals surface area contributed by atoms with E-state index < -0.39 is 39.1 Å². The SMILES string of the molecule is CCCS(=O)(=O)N1CCCCC1C(=O)NCC(C)(C)c1cccc(C(F)(F)F)c1. The summed E-state index contributed by atoms with van der Waals surface area (Å²) in [5.74, 6) is -0.406. The Hall–Kier alpha value is -1.61. The monoisotopic (exact) mass is 434 g/mol. The summed E-state index contributed by atoms with van der Waals surface area (Å²) in [6.07, 6.45) is -2.06. The molecule has 0 aliphatic carbocycles. The van der Waals surface area contributed by atoms with Crippen LogP contribution in [0.1, 0.15) is 57.6 Å². The van der Waals surface area contributed by atoms with Crippen molar-refractivity contribution in [2.75, 3.05) is 18.8 Å². The fourth-order valence-electron chi connectivity index (χ4n) is 3.52. The molecule has 1 aromatic rings. The number of halogens is 3. The van der Waals surface area contributed by atoms with Gasteiger partial charge in [-0.2, -0.15) is 17.5 Å². The molecular formula is C20H29F3N2O3S. The lowest BCUT2D eigenvalue weighted by Crippen LogP contribution is -2.53. The first-order valence-electron chi connectivity index (χ1n) is 9.83. The molecule has 1 N–H and O–H groups in total. The van der Waals surface area contributed by atoms with Gasteiger partial charge in [-0.1, -0.05) is 45.4 Å². The summed E-state index contributed by atoms with van der Waals surface area (Å²) in [7, 11) is -3.51. The second-order valence-corrected chi connectivity index (χ2v) is 10.2. The van der Waals surface area contributed by atoms with Crippen LogP contribution in [0.4, 0.5) is 13.2 Å². The number of rotatable bonds is 7. The Morgan fingerprint density at radius 2 is 1.86 bits per heavy atom. The molecule has 1 atom stereocenters. The lowest BCUT2D eigenvalue weighted by molar-refractivity contribution is -0.137. The Kier molecular flexibility index (Phi) is 7.37. The van der Waals surface area contributed by atoms with Gasteiger partial charge in [-0.3, -0.25) is 4.79 Å². The average Bonchev–Trinajstić information content (AvgIpc) is 2.65. The molecule has 0 saturated carbocycles. The minimum atomic E-state index is -4.44. The van der Waals surface area contributed by atoms with Gasteiger partial charge in [-0.25, -0.2) is 8.42 Å². The maximum atomic E-state index is 13.0. The van der Waals surface area contributed by atoms with Gasteiger partial charge in [0, 0.05) is 18.5 Å². The summed E-state index contributed by atoms with van der Waals surface area (Å²) in [6.45, 7) is 5.68. The van der Waals surface area contributed by atoms with Crippen LogP contribution in [0.15, 0.2) is 24.3 Å². The fourth-order valence-corrected chi connectivity index (χ4v) is 5.27. The van der Waals surface area contributed by atoms with Crippen LogP contribution in [0.3, 0.4) is 0 Å². The zero-order chi connectivity index (χ0) is 21.9. The molecule has 164 valence electrons. The molecule has 1 aliphatic rings. The van der Waals surface area contributed by atoms with Crippen molar-refractivity contribution in [2.24, 2.45) is 0 Å². The Morgan fingerprint density at radius 3 is 2.48 bits per heavy atom. The molecule has 0 bridgehead atoms. The van der Waals surface area contributed by atoms with Gasteiger partial charge < -0.3 is 5.32 Å². The van der Waals surface area contributed by atoms with Gasteiger partial charge in [-0.15, -0.1) is 0 Å². The zero-order valence-corrected chi connectivity index (χ0v) is 17.9. The van der Waals surface area contributed by atoms with Crippen molar-refractivity contribution in [2.45, 2.75) is 64.1 Å². The van der Waals surface area contributed by atoms with Crippen molar-refractivity contribution in [3.8, 4) is 0 Å². The second kappa shape index (κ2) is 9.04. The third kappa shape index (κ3) is 5.94. The third-order valence-corrected chi connectivity index (χ3v) is 7.33. The first-order chi connectivity index (χ1) is 13.4. The van der Waals surface area contributed by atoms with Crippen LogP contribution in [0.2, 0.25) is 0 Å². The minimum absolute atomic E-state index is 0.00743. The van der Waals surface area contributed by atoms with Crippen LogP contribution in [0.25, 0.3) is 0 Å². The number of alkyl halides is 3. The molecule has 1 unspecified atom stereocenters. The smallest absolute Gasteiger partial charge is 0.354 e.